The summed E-state index contributed by atoms with van der Waals surface area (Å²) in [4.78, 5) is 12.0. The lowest BCUT2D eigenvalue weighted by Crippen LogP contribution is -2.24. The molecule has 1 heterocycles. The molecule has 1 atom stereocenters. The van der Waals surface area contributed by atoms with Gasteiger partial charge in [-0.3, -0.25) is 10.1 Å². The Morgan fingerprint density at radius 2 is 2.38 bits per heavy atom. The van der Waals surface area contributed by atoms with Gasteiger partial charge in [-0.1, -0.05) is 6.08 Å². The topological polar surface area (TPSA) is 64.8 Å². The summed E-state index contributed by atoms with van der Waals surface area (Å²) in [5.74, 6) is -0.585. The first kappa shape index (κ1) is 15.2. The zero-order valence-corrected chi connectivity index (χ0v) is 11.8. The first-order valence-corrected chi connectivity index (χ1v) is 6.56. The van der Waals surface area contributed by atoms with E-state index in [1.165, 1.54) is 13.2 Å². The number of ether oxygens (including phenoxy) is 2. The molecule has 0 spiro atoms. The number of benzene rings is 1. The minimum Gasteiger partial charge on any atom is -0.490 e. The number of nitro groups is 1. The molecule has 1 saturated heterocycles. The highest BCUT2D eigenvalue weighted by Crippen LogP contribution is 2.35. The van der Waals surface area contributed by atoms with E-state index in [-0.39, 0.29) is 17.5 Å². The van der Waals surface area contributed by atoms with Crippen LogP contribution in [0.4, 0.5) is 15.8 Å². The van der Waals surface area contributed by atoms with E-state index in [4.69, 9.17) is 9.47 Å². The predicted octanol–water partition coefficient (Wildman–Crippen LogP) is 2.52. The summed E-state index contributed by atoms with van der Waals surface area (Å²) in [6.07, 6.45) is 2.44. The van der Waals surface area contributed by atoms with Gasteiger partial charge in [0.25, 0.3) is 0 Å². The normalized spacial score (nSPS) is 17.8. The van der Waals surface area contributed by atoms with Crippen LogP contribution >= 0.6 is 0 Å². The first-order valence-electron chi connectivity index (χ1n) is 6.56. The Bertz CT molecular complexity index is 550. The Labute approximate surface area is 121 Å². The molecule has 0 aliphatic carbocycles. The van der Waals surface area contributed by atoms with E-state index < -0.39 is 10.7 Å². The highest BCUT2D eigenvalue weighted by Gasteiger charge is 2.28. The van der Waals surface area contributed by atoms with Crippen molar-refractivity contribution in [2.75, 3.05) is 31.7 Å². The molecule has 0 amide bonds. The van der Waals surface area contributed by atoms with Gasteiger partial charge in [-0.25, -0.2) is 4.39 Å². The molecular weight excluding hydrogens is 279 g/mol. The molecule has 1 unspecified atom stereocenters. The lowest BCUT2D eigenvalue weighted by Gasteiger charge is -2.20. The van der Waals surface area contributed by atoms with Gasteiger partial charge >= 0.3 is 5.69 Å². The van der Waals surface area contributed by atoms with Gasteiger partial charge in [0.15, 0.2) is 11.6 Å². The molecule has 0 radical (unpaired) electrons. The Balaban J connectivity index is 2.21. The number of anilines is 1. The average molecular weight is 296 g/mol. The summed E-state index contributed by atoms with van der Waals surface area (Å²) in [6.45, 7) is 5.19. The summed E-state index contributed by atoms with van der Waals surface area (Å²) in [5.41, 5.74) is -0.0837. The van der Waals surface area contributed by atoms with E-state index in [0.29, 0.717) is 25.4 Å². The molecule has 114 valence electrons. The molecule has 0 N–H and O–H groups in total. The second kappa shape index (κ2) is 6.53. The standard InChI is InChI=1S/C14H17FN2O4/c1-3-6-21-10-4-5-16(9-10)12-8-14(20-2)13(17(18)19)7-11(12)15/h3,7-8,10H,1,4-6,9H2,2H3. The number of nitrogens with zero attached hydrogens (tertiary/aromatic N) is 2. The third kappa shape index (κ3) is 3.30. The van der Waals surface area contributed by atoms with Crippen LogP contribution in [0, 0.1) is 15.9 Å². The Morgan fingerprint density at radius 3 is 3.00 bits per heavy atom. The number of hydrogen-bond acceptors (Lipinski definition) is 5. The molecule has 7 heteroatoms. The minimum absolute atomic E-state index is 0.00332. The highest BCUT2D eigenvalue weighted by atomic mass is 19.1. The molecule has 1 aliphatic rings. The summed E-state index contributed by atoms with van der Waals surface area (Å²) in [6, 6.07) is 2.26. The third-order valence-corrected chi connectivity index (χ3v) is 3.38. The van der Waals surface area contributed by atoms with Crippen molar-refractivity contribution in [1.82, 2.24) is 0 Å². The zero-order chi connectivity index (χ0) is 15.4. The summed E-state index contributed by atoms with van der Waals surface area (Å²) < 4.78 is 24.6. The molecule has 21 heavy (non-hydrogen) atoms. The molecule has 1 fully saturated rings. The number of methoxy groups -OCH3 is 1. The number of nitro benzene ring substituents is 1. The van der Waals surface area contributed by atoms with Crippen LogP contribution in [-0.4, -0.2) is 37.8 Å². The molecule has 0 bridgehead atoms. The fourth-order valence-electron chi connectivity index (χ4n) is 2.37. The van der Waals surface area contributed by atoms with Crippen molar-refractivity contribution in [3.8, 4) is 5.75 Å². The highest BCUT2D eigenvalue weighted by molar-refractivity contribution is 5.60. The van der Waals surface area contributed by atoms with Crippen LogP contribution in [-0.2, 0) is 4.74 Å². The van der Waals surface area contributed by atoms with E-state index in [0.717, 1.165) is 12.5 Å². The fraction of sp³-hybridized carbons (Fsp3) is 0.429. The van der Waals surface area contributed by atoms with Gasteiger partial charge in [0.05, 0.1) is 36.5 Å². The second-order valence-corrected chi connectivity index (χ2v) is 4.71. The van der Waals surface area contributed by atoms with Crippen molar-refractivity contribution in [3.05, 3.63) is 40.7 Å². The monoisotopic (exact) mass is 296 g/mol. The molecule has 1 aliphatic heterocycles. The van der Waals surface area contributed by atoms with Crippen molar-refractivity contribution in [1.29, 1.82) is 0 Å². The summed E-state index contributed by atoms with van der Waals surface area (Å²) in [7, 11) is 1.32. The quantitative estimate of drug-likeness (QED) is 0.458. The van der Waals surface area contributed by atoms with E-state index in [2.05, 4.69) is 6.58 Å². The summed E-state index contributed by atoms with van der Waals surface area (Å²) >= 11 is 0. The van der Waals surface area contributed by atoms with Gasteiger partial charge in [-0.15, -0.1) is 6.58 Å². The average Bonchev–Trinajstić information content (AvgIpc) is 2.93. The van der Waals surface area contributed by atoms with Crippen LogP contribution in [0.2, 0.25) is 0 Å². The van der Waals surface area contributed by atoms with E-state index in [9.17, 15) is 14.5 Å². The third-order valence-electron chi connectivity index (χ3n) is 3.38. The van der Waals surface area contributed by atoms with Crippen LogP contribution in [0.1, 0.15) is 6.42 Å². The van der Waals surface area contributed by atoms with Crippen LogP contribution < -0.4 is 9.64 Å². The lowest BCUT2D eigenvalue weighted by molar-refractivity contribution is -0.385. The van der Waals surface area contributed by atoms with Crippen LogP contribution in [0.3, 0.4) is 0 Å². The van der Waals surface area contributed by atoms with Crippen molar-refractivity contribution >= 4 is 11.4 Å². The number of hydrogen-bond donors (Lipinski definition) is 0. The Kier molecular flexibility index (Phi) is 4.74. The maximum Gasteiger partial charge on any atom is 0.313 e. The van der Waals surface area contributed by atoms with Crippen molar-refractivity contribution in [2.45, 2.75) is 12.5 Å². The summed E-state index contributed by atoms with van der Waals surface area (Å²) in [5, 5.41) is 10.9. The van der Waals surface area contributed by atoms with Gasteiger partial charge in [0.2, 0.25) is 0 Å². The molecule has 1 aromatic rings. The second-order valence-electron chi connectivity index (χ2n) is 4.71. The largest absolute Gasteiger partial charge is 0.490 e. The van der Waals surface area contributed by atoms with E-state index >= 15 is 0 Å². The molecule has 2 rings (SSSR count). The van der Waals surface area contributed by atoms with E-state index in [1.54, 1.807) is 11.0 Å². The molecular formula is C14H17FN2O4. The zero-order valence-electron chi connectivity index (χ0n) is 11.8. The van der Waals surface area contributed by atoms with Gasteiger partial charge in [-0.2, -0.15) is 0 Å². The van der Waals surface area contributed by atoms with Crippen molar-refractivity contribution < 1.29 is 18.8 Å². The Hall–Kier alpha value is -2.15. The Morgan fingerprint density at radius 1 is 1.62 bits per heavy atom. The number of halogens is 1. The smallest absolute Gasteiger partial charge is 0.313 e. The van der Waals surface area contributed by atoms with Gasteiger partial charge in [0, 0.05) is 19.2 Å². The van der Waals surface area contributed by atoms with Gasteiger partial charge in [0.1, 0.15) is 0 Å². The minimum atomic E-state index is -0.661. The fourth-order valence-corrected chi connectivity index (χ4v) is 2.37. The van der Waals surface area contributed by atoms with Crippen molar-refractivity contribution in [2.24, 2.45) is 0 Å². The number of rotatable bonds is 6. The molecule has 6 nitrogen and oxygen atoms in total. The van der Waals surface area contributed by atoms with E-state index in [1.807, 2.05) is 0 Å². The van der Waals surface area contributed by atoms with Crippen LogP contribution in [0.5, 0.6) is 5.75 Å². The SMILES string of the molecule is C=CCOC1CCN(c2cc(OC)c([N+](=O)[O-])cc2F)C1. The van der Waals surface area contributed by atoms with Gasteiger partial charge < -0.3 is 14.4 Å². The molecule has 0 aromatic heterocycles. The maximum atomic E-state index is 14.1. The predicted molar refractivity (Wildman–Crippen MR) is 76.4 cm³/mol. The maximum absolute atomic E-state index is 14.1. The van der Waals surface area contributed by atoms with Gasteiger partial charge in [-0.05, 0) is 6.42 Å². The van der Waals surface area contributed by atoms with Crippen LogP contribution in [0.25, 0.3) is 0 Å². The molecule has 1 aromatic carbocycles. The lowest BCUT2D eigenvalue weighted by atomic mass is 10.2. The molecule has 0 saturated carbocycles. The first-order chi connectivity index (χ1) is 10.1. The van der Waals surface area contributed by atoms with Crippen LogP contribution in [0.15, 0.2) is 24.8 Å². The van der Waals surface area contributed by atoms with Crippen molar-refractivity contribution in [3.63, 3.8) is 0 Å².